The molecule has 0 saturated carbocycles. The second kappa shape index (κ2) is 9.12. The highest BCUT2D eigenvalue weighted by Crippen LogP contribution is 2.16. The van der Waals surface area contributed by atoms with Crippen molar-refractivity contribution in [3.63, 3.8) is 0 Å². The van der Waals surface area contributed by atoms with Crippen molar-refractivity contribution in [1.82, 2.24) is 15.6 Å². The molecule has 3 aromatic rings. The molecule has 0 saturated heterocycles. The average Bonchev–Trinajstić information content (AvgIpc) is 3.25. The van der Waals surface area contributed by atoms with Crippen molar-refractivity contribution < 1.29 is 22.4 Å². The van der Waals surface area contributed by atoms with Crippen LogP contribution in [0, 0.1) is 6.92 Å². The summed E-state index contributed by atoms with van der Waals surface area (Å²) in [4.78, 5) is 24.5. The summed E-state index contributed by atoms with van der Waals surface area (Å²) < 4.78 is 32.6. The van der Waals surface area contributed by atoms with Crippen molar-refractivity contribution in [2.75, 3.05) is 0 Å². The lowest BCUT2D eigenvalue weighted by Gasteiger charge is -2.11. The van der Waals surface area contributed by atoms with Gasteiger partial charge < -0.3 is 4.42 Å². The summed E-state index contributed by atoms with van der Waals surface area (Å²) in [7, 11) is -3.88. The first-order valence-corrected chi connectivity index (χ1v) is 10.6. The Bertz CT molecular complexity index is 1160. The van der Waals surface area contributed by atoms with E-state index < -0.39 is 21.8 Å². The maximum atomic E-state index is 12.5. The van der Waals surface area contributed by atoms with Crippen LogP contribution in [0.15, 0.2) is 70.2 Å². The molecule has 0 fully saturated rings. The van der Waals surface area contributed by atoms with Crippen molar-refractivity contribution in [1.29, 1.82) is 0 Å². The maximum Gasteiger partial charge on any atom is 0.270 e. The lowest BCUT2D eigenvalue weighted by Crippen LogP contribution is -2.42. The molecule has 0 bridgehead atoms. The smallest absolute Gasteiger partial charge is 0.270 e. The Morgan fingerprint density at radius 1 is 1.00 bits per heavy atom. The molecule has 10 heteroatoms. The van der Waals surface area contributed by atoms with Gasteiger partial charge in [0.25, 0.3) is 11.8 Å². The third-order valence-corrected chi connectivity index (χ3v) is 5.83. The molecule has 8 nitrogen and oxygen atoms in total. The minimum absolute atomic E-state index is 0.0259. The molecule has 3 N–H and O–H groups in total. The van der Waals surface area contributed by atoms with E-state index in [4.69, 9.17) is 16.0 Å². The van der Waals surface area contributed by atoms with Gasteiger partial charge in [-0.05, 0) is 61.0 Å². The quantitative estimate of drug-likeness (QED) is 0.502. The van der Waals surface area contributed by atoms with E-state index in [9.17, 15) is 18.0 Å². The number of rotatable bonds is 6. The van der Waals surface area contributed by atoms with E-state index in [0.717, 1.165) is 0 Å². The van der Waals surface area contributed by atoms with Crippen LogP contribution in [0.3, 0.4) is 0 Å². The van der Waals surface area contributed by atoms with Gasteiger partial charge in [0.2, 0.25) is 10.0 Å². The summed E-state index contributed by atoms with van der Waals surface area (Å²) in [6.07, 6.45) is 1.44. The Balaban J connectivity index is 1.70. The summed E-state index contributed by atoms with van der Waals surface area (Å²) in [5.74, 6) is -0.743. The lowest BCUT2D eigenvalue weighted by atomic mass is 10.1. The van der Waals surface area contributed by atoms with Gasteiger partial charge in [-0.2, -0.15) is 0 Å². The SMILES string of the molecule is Cc1ccc(S(=O)(=O)NCc2ccco2)cc1C(=O)NNC(=O)c1ccc(Cl)cc1. The van der Waals surface area contributed by atoms with Crippen LogP contribution in [0.25, 0.3) is 0 Å². The van der Waals surface area contributed by atoms with Gasteiger partial charge in [0.1, 0.15) is 5.76 Å². The summed E-state index contributed by atoms with van der Waals surface area (Å²) in [5.41, 5.74) is 5.52. The number of amides is 2. The fourth-order valence-corrected chi connectivity index (χ4v) is 3.67. The zero-order valence-electron chi connectivity index (χ0n) is 15.8. The molecule has 0 spiro atoms. The number of carbonyl (C=O) groups excluding carboxylic acids is 2. The highest BCUT2D eigenvalue weighted by Gasteiger charge is 2.19. The normalized spacial score (nSPS) is 11.1. The van der Waals surface area contributed by atoms with Gasteiger partial charge in [0, 0.05) is 16.1 Å². The first-order valence-electron chi connectivity index (χ1n) is 8.75. The second-order valence-electron chi connectivity index (χ2n) is 6.30. The Hall–Kier alpha value is -3.14. The number of sulfonamides is 1. The number of nitrogens with one attached hydrogen (secondary N) is 3. The third kappa shape index (κ3) is 5.26. The van der Waals surface area contributed by atoms with E-state index in [1.807, 2.05) is 0 Å². The topological polar surface area (TPSA) is 118 Å². The van der Waals surface area contributed by atoms with Gasteiger partial charge in [-0.1, -0.05) is 17.7 Å². The number of halogens is 1. The largest absolute Gasteiger partial charge is 0.468 e. The van der Waals surface area contributed by atoms with Crippen molar-refractivity contribution in [3.8, 4) is 0 Å². The molecule has 1 heterocycles. The molecule has 0 aliphatic carbocycles. The average molecular weight is 448 g/mol. The highest BCUT2D eigenvalue weighted by molar-refractivity contribution is 7.89. The predicted octanol–water partition coefficient (Wildman–Crippen LogP) is 2.79. The molecule has 0 aliphatic rings. The Labute approximate surface area is 178 Å². The fourth-order valence-electron chi connectivity index (χ4n) is 2.53. The monoisotopic (exact) mass is 447 g/mol. The van der Waals surface area contributed by atoms with Gasteiger partial charge in [-0.3, -0.25) is 20.4 Å². The van der Waals surface area contributed by atoms with Crippen molar-refractivity contribution in [2.45, 2.75) is 18.4 Å². The standard InChI is InChI=1S/C20H18ClN3O5S/c1-13-4-9-17(30(27,28)22-12-16-3-2-10-29-16)11-18(13)20(26)24-23-19(25)14-5-7-15(21)8-6-14/h2-11,22H,12H2,1H3,(H,23,25)(H,24,26). The summed E-state index contributed by atoms with van der Waals surface area (Å²) >= 11 is 5.78. The highest BCUT2D eigenvalue weighted by atomic mass is 35.5. The lowest BCUT2D eigenvalue weighted by molar-refractivity contribution is 0.0846. The van der Waals surface area contributed by atoms with E-state index in [1.54, 1.807) is 31.2 Å². The molecule has 156 valence electrons. The molecule has 2 amide bonds. The molecular formula is C20H18ClN3O5S. The molecule has 0 atom stereocenters. The van der Waals surface area contributed by atoms with Crippen molar-refractivity contribution in [2.24, 2.45) is 0 Å². The van der Waals surface area contributed by atoms with Crippen LogP contribution in [-0.2, 0) is 16.6 Å². The van der Waals surface area contributed by atoms with Crippen LogP contribution in [0.2, 0.25) is 5.02 Å². The number of aryl methyl sites for hydroxylation is 1. The number of benzene rings is 2. The van der Waals surface area contributed by atoms with Crippen LogP contribution in [0.4, 0.5) is 0 Å². The Morgan fingerprint density at radius 3 is 2.37 bits per heavy atom. The van der Waals surface area contributed by atoms with Crippen LogP contribution < -0.4 is 15.6 Å². The van der Waals surface area contributed by atoms with Crippen LogP contribution in [0.5, 0.6) is 0 Å². The van der Waals surface area contributed by atoms with Crippen LogP contribution >= 0.6 is 11.6 Å². The molecule has 1 aromatic heterocycles. The van der Waals surface area contributed by atoms with Crippen molar-refractivity contribution >= 4 is 33.4 Å². The Kier molecular flexibility index (Phi) is 6.56. The first kappa shape index (κ1) is 21.6. The van der Waals surface area contributed by atoms with Crippen LogP contribution in [-0.4, -0.2) is 20.2 Å². The number of hydrazine groups is 1. The fraction of sp³-hybridized carbons (Fsp3) is 0.100. The van der Waals surface area contributed by atoms with E-state index >= 15 is 0 Å². The predicted molar refractivity (Wildman–Crippen MR) is 110 cm³/mol. The molecule has 2 aromatic carbocycles. The first-order chi connectivity index (χ1) is 14.3. The zero-order valence-corrected chi connectivity index (χ0v) is 17.4. The van der Waals surface area contributed by atoms with Gasteiger partial charge >= 0.3 is 0 Å². The second-order valence-corrected chi connectivity index (χ2v) is 8.50. The number of hydrogen-bond acceptors (Lipinski definition) is 5. The number of hydrogen-bond donors (Lipinski definition) is 3. The minimum atomic E-state index is -3.88. The molecule has 0 unspecified atom stereocenters. The summed E-state index contributed by atoms with van der Waals surface area (Å²) in [6.45, 7) is 1.63. The third-order valence-electron chi connectivity index (χ3n) is 4.18. The molecule has 3 rings (SSSR count). The molecule has 30 heavy (non-hydrogen) atoms. The molecular weight excluding hydrogens is 430 g/mol. The maximum absolute atomic E-state index is 12.5. The van der Waals surface area contributed by atoms with Crippen molar-refractivity contribution in [3.05, 3.63) is 88.3 Å². The van der Waals surface area contributed by atoms with E-state index in [2.05, 4.69) is 15.6 Å². The minimum Gasteiger partial charge on any atom is -0.468 e. The zero-order chi connectivity index (χ0) is 21.7. The van der Waals surface area contributed by atoms with Gasteiger partial charge in [0.05, 0.1) is 17.7 Å². The van der Waals surface area contributed by atoms with Crippen LogP contribution in [0.1, 0.15) is 32.0 Å². The van der Waals surface area contributed by atoms with E-state index in [1.165, 1.54) is 36.6 Å². The van der Waals surface area contributed by atoms with Gasteiger partial charge in [-0.15, -0.1) is 0 Å². The molecule has 0 aliphatic heterocycles. The Morgan fingerprint density at radius 2 is 1.70 bits per heavy atom. The van der Waals surface area contributed by atoms with Gasteiger partial charge in [0.15, 0.2) is 0 Å². The van der Waals surface area contributed by atoms with E-state index in [0.29, 0.717) is 21.9 Å². The summed E-state index contributed by atoms with van der Waals surface area (Å²) in [5, 5.41) is 0.477. The number of furan rings is 1. The number of carbonyl (C=O) groups is 2. The van der Waals surface area contributed by atoms with E-state index in [-0.39, 0.29) is 17.0 Å². The van der Waals surface area contributed by atoms with Gasteiger partial charge in [-0.25, -0.2) is 13.1 Å². The molecule has 0 radical (unpaired) electrons. The summed E-state index contributed by atoms with van der Waals surface area (Å²) in [6, 6.07) is 13.5.